The van der Waals surface area contributed by atoms with Crippen LogP contribution in [0.25, 0.3) is 54.9 Å². The maximum atomic E-state index is 9.50. The number of fused-ring (bicyclic) bond motifs is 2. The van der Waals surface area contributed by atoms with Crippen LogP contribution >= 0.6 is 0 Å². The summed E-state index contributed by atoms with van der Waals surface area (Å²) in [6.45, 7) is 0. The van der Waals surface area contributed by atoms with Crippen molar-refractivity contribution in [2.24, 2.45) is 0 Å². The van der Waals surface area contributed by atoms with Crippen molar-refractivity contribution in [2.75, 3.05) is 4.90 Å². The highest BCUT2D eigenvalue weighted by atomic mass is 15.2. The van der Waals surface area contributed by atoms with Crippen LogP contribution in [0.15, 0.2) is 176 Å². The number of hydrogen-bond donors (Lipinski definition) is 0. The van der Waals surface area contributed by atoms with Crippen LogP contribution in [0.1, 0.15) is 5.56 Å². The lowest BCUT2D eigenvalue weighted by Crippen LogP contribution is -2.13. The predicted octanol–water partition coefficient (Wildman–Crippen LogP) is 11.7. The molecular weight excluding hydrogens is 571 g/mol. The predicted molar refractivity (Wildman–Crippen MR) is 195 cm³/mol. The van der Waals surface area contributed by atoms with Crippen LogP contribution in [0.5, 0.6) is 0 Å². The number of anilines is 3. The zero-order chi connectivity index (χ0) is 31.6. The van der Waals surface area contributed by atoms with Gasteiger partial charge in [0.1, 0.15) is 11.9 Å². The lowest BCUT2D eigenvalue weighted by molar-refractivity contribution is 1.18. The van der Waals surface area contributed by atoms with E-state index < -0.39 is 0 Å². The van der Waals surface area contributed by atoms with Gasteiger partial charge in [0.05, 0.1) is 11.3 Å². The van der Waals surface area contributed by atoms with Gasteiger partial charge in [-0.05, 0) is 86.6 Å². The molecule has 0 fully saturated rings. The molecule has 1 aromatic heterocycles. The monoisotopic (exact) mass is 599 g/mol. The number of hydrogen-bond acceptors (Lipinski definition) is 3. The van der Waals surface area contributed by atoms with Crippen molar-refractivity contribution in [3.8, 4) is 39.4 Å². The Balaban J connectivity index is 1.46. The van der Waals surface area contributed by atoms with Gasteiger partial charge >= 0.3 is 0 Å². The first kappa shape index (κ1) is 28.0. The summed E-state index contributed by atoms with van der Waals surface area (Å²) in [5, 5.41) is 14.0. The highest BCUT2D eigenvalue weighted by Gasteiger charge is 2.23. The smallest absolute Gasteiger partial charge is 0.137 e. The second-order valence-corrected chi connectivity index (χ2v) is 11.5. The van der Waals surface area contributed by atoms with Gasteiger partial charge in [-0.15, -0.1) is 0 Å². The molecule has 47 heavy (non-hydrogen) atoms. The number of para-hydroxylation sites is 1. The summed E-state index contributed by atoms with van der Waals surface area (Å²) in [6, 6.07) is 61.8. The molecule has 0 aliphatic heterocycles. The highest BCUT2D eigenvalue weighted by molar-refractivity contribution is 6.22. The molecule has 0 aliphatic rings. The molecule has 0 bridgehead atoms. The van der Waals surface area contributed by atoms with E-state index in [2.05, 4.69) is 150 Å². The van der Waals surface area contributed by atoms with Gasteiger partial charge in [-0.2, -0.15) is 5.26 Å². The summed E-state index contributed by atoms with van der Waals surface area (Å²) < 4.78 is 0. The van der Waals surface area contributed by atoms with Gasteiger partial charge in [0, 0.05) is 22.7 Å². The second kappa shape index (κ2) is 12.1. The van der Waals surface area contributed by atoms with E-state index in [0.717, 1.165) is 44.3 Å². The molecule has 1 heterocycles. The van der Waals surface area contributed by atoms with Crippen molar-refractivity contribution in [3.63, 3.8) is 0 Å². The Kier molecular flexibility index (Phi) is 7.22. The Hall–Kier alpha value is -6.50. The zero-order valence-corrected chi connectivity index (χ0v) is 25.6. The van der Waals surface area contributed by atoms with E-state index in [1.165, 1.54) is 27.8 Å². The van der Waals surface area contributed by atoms with Crippen LogP contribution in [0, 0.1) is 11.3 Å². The molecule has 0 radical (unpaired) electrons. The van der Waals surface area contributed by atoms with Crippen LogP contribution in [-0.2, 0) is 0 Å². The average Bonchev–Trinajstić information content (AvgIpc) is 3.16. The summed E-state index contributed by atoms with van der Waals surface area (Å²) in [5.74, 6) is 0.746. The molecule has 0 N–H and O–H groups in total. The molecule has 0 atom stereocenters. The number of rotatable bonds is 6. The van der Waals surface area contributed by atoms with Crippen molar-refractivity contribution in [2.45, 2.75) is 0 Å². The van der Waals surface area contributed by atoms with Gasteiger partial charge in [-0.25, -0.2) is 4.98 Å². The first-order chi connectivity index (χ1) is 23.3. The molecule has 0 saturated carbocycles. The normalized spacial score (nSPS) is 11.0. The minimum atomic E-state index is 0.527. The molecule has 8 rings (SSSR count). The maximum Gasteiger partial charge on any atom is 0.137 e. The van der Waals surface area contributed by atoms with E-state index in [1.807, 2.05) is 30.3 Å². The Morgan fingerprint density at radius 2 is 0.915 bits per heavy atom. The minimum Gasteiger partial charge on any atom is -0.294 e. The lowest BCUT2D eigenvalue weighted by Gasteiger charge is -2.28. The Morgan fingerprint density at radius 3 is 1.40 bits per heavy atom. The van der Waals surface area contributed by atoms with Crippen molar-refractivity contribution < 1.29 is 0 Å². The summed E-state index contributed by atoms with van der Waals surface area (Å²) in [5.41, 5.74) is 9.62. The van der Waals surface area contributed by atoms with Crippen LogP contribution < -0.4 is 4.90 Å². The van der Waals surface area contributed by atoms with Crippen LogP contribution in [0.2, 0.25) is 0 Å². The molecule has 7 aromatic carbocycles. The van der Waals surface area contributed by atoms with Crippen LogP contribution in [0.3, 0.4) is 0 Å². The van der Waals surface area contributed by atoms with E-state index in [-0.39, 0.29) is 0 Å². The third-order valence-electron chi connectivity index (χ3n) is 8.68. The van der Waals surface area contributed by atoms with Crippen LogP contribution in [-0.4, -0.2) is 4.98 Å². The quantitative estimate of drug-likeness (QED) is 0.179. The van der Waals surface area contributed by atoms with E-state index in [4.69, 9.17) is 4.98 Å². The molecule has 0 spiro atoms. The van der Waals surface area contributed by atoms with E-state index in [1.54, 1.807) is 6.20 Å². The minimum absolute atomic E-state index is 0.527. The zero-order valence-electron chi connectivity index (χ0n) is 25.6. The molecule has 0 unspecified atom stereocenters. The first-order valence-electron chi connectivity index (χ1n) is 15.7. The molecule has 0 aliphatic carbocycles. The Labute approximate surface area is 274 Å². The molecule has 3 heteroatoms. The van der Waals surface area contributed by atoms with Gasteiger partial charge in [0.2, 0.25) is 0 Å². The Morgan fingerprint density at radius 1 is 0.447 bits per heavy atom. The number of nitriles is 1. The van der Waals surface area contributed by atoms with Crippen molar-refractivity contribution in [1.29, 1.82) is 5.26 Å². The number of nitrogens with zero attached hydrogens (tertiary/aromatic N) is 3. The fraction of sp³-hybridized carbons (Fsp3) is 0. The number of aromatic nitrogens is 1. The van der Waals surface area contributed by atoms with Gasteiger partial charge in [0.25, 0.3) is 0 Å². The summed E-state index contributed by atoms with van der Waals surface area (Å²) >= 11 is 0. The average molecular weight is 600 g/mol. The second-order valence-electron chi connectivity index (χ2n) is 11.5. The van der Waals surface area contributed by atoms with E-state index in [9.17, 15) is 5.26 Å². The largest absolute Gasteiger partial charge is 0.294 e. The van der Waals surface area contributed by atoms with E-state index >= 15 is 0 Å². The SMILES string of the molecule is N#Cc1ccc(N(c2ccccc2)c2c3ccccc3c(-c3cc(-c4ccccc4)cc(-c4ccccc4)c3)c3ccccc23)nc1. The maximum absolute atomic E-state index is 9.50. The topological polar surface area (TPSA) is 39.9 Å². The van der Waals surface area contributed by atoms with E-state index in [0.29, 0.717) is 5.56 Å². The lowest BCUT2D eigenvalue weighted by atomic mass is 9.87. The van der Waals surface area contributed by atoms with Crippen molar-refractivity contribution in [1.82, 2.24) is 4.98 Å². The summed E-state index contributed by atoms with van der Waals surface area (Å²) in [4.78, 5) is 7.00. The standard InChI is InChI=1S/C44H29N3/c45-29-31-24-25-42(46-30-31)47(37-18-8-3-9-19-37)44-40-22-12-10-20-38(40)43(39-21-11-13-23-41(39)44)36-27-34(32-14-4-1-5-15-32)26-35(28-36)33-16-6-2-7-17-33/h1-28,30H. The fourth-order valence-corrected chi connectivity index (χ4v) is 6.56. The molecule has 8 aromatic rings. The summed E-state index contributed by atoms with van der Waals surface area (Å²) in [6.07, 6.45) is 1.64. The molecular formula is C44H29N3. The highest BCUT2D eigenvalue weighted by Crippen LogP contribution is 2.48. The van der Waals surface area contributed by atoms with Gasteiger partial charge < -0.3 is 0 Å². The summed E-state index contributed by atoms with van der Waals surface area (Å²) in [7, 11) is 0. The molecule has 0 amide bonds. The third kappa shape index (κ3) is 5.19. The van der Waals surface area contributed by atoms with Crippen molar-refractivity contribution in [3.05, 3.63) is 182 Å². The molecule has 0 saturated heterocycles. The first-order valence-corrected chi connectivity index (χ1v) is 15.7. The number of pyridine rings is 1. The van der Waals surface area contributed by atoms with Gasteiger partial charge in [0.15, 0.2) is 0 Å². The Bertz CT molecular complexity index is 2280. The van der Waals surface area contributed by atoms with Gasteiger partial charge in [-0.3, -0.25) is 4.90 Å². The molecule has 3 nitrogen and oxygen atoms in total. The third-order valence-corrected chi connectivity index (χ3v) is 8.68. The fourth-order valence-electron chi connectivity index (χ4n) is 6.56. The van der Waals surface area contributed by atoms with Crippen molar-refractivity contribution >= 4 is 38.7 Å². The van der Waals surface area contributed by atoms with Gasteiger partial charge in [-0.1, -0.05) is 127 Å². The van der Waals surface area contributed by atoms with Crippen LogP contribution in [0.4, 0.5) is 17.2 Å². The number of benzene rings is 7. The molecule has 220 valence electrons.